The van der Waals surface area contributed by atoms with Crippen molar-refractivity contribution in [3.63, 3.8) is 0 Å². The van der Waals surface area contributed by atoms with Crippen LogP contribution in [0.4, 0.5) is 4.39 Å². The highest BCUT2D eigenvalue weighted by Gasteiger charge is 2.23. The number of aromatic nitrogens is 1. The molecule has 1 aliphatic rings. The third-order valence-electron chi connectivity index (χ3n) is 2.13. The van der Waals surface area contributed by atoms with Crippen molar-refractivity contribution < 1.29 is 9.18 Å². The number of nitrogens with zero attached hydrogens (tertiary/aromatic N) is 1. The van der Waals surface area contributed by atoms with Crippen LogP contribution in [-0.4, -0.2) is 17.4 Å². The van der Waals surface area contributed by atoms with Gasteiger partial charge >= 0.3 is 0 Å². The Bertz CT molecular complexity index is 340. The molecule has 2 heterocycles. The fourth-order valence-corrected chi connectivity index (χ4v) is 1.47. The summed E-state index contributed by atoms with van der Waals surface area (Å²) in [5.41, 5.74) is 0.651. The Morgan fingerprint density at radius 2 is 2.38 bits per heavy atom. The average Bonchev–Trinajstić information content (AvgIpc) is 2.52. The minimum atomic E-state index is -0.489. The van der Waals surface area contributed by atoms with Gasteiger partial charge in [0, 0.05) is 24.6 Å². The van der Waals surface area contributed by atoms with E-state index in [1.165, 1.54) is 6.07 Å². The summed E-state index contributed by atoms with van der Waals surface area (Å²) >= 11 is 0. The molecule has 2 rings (SSSR count). The molecule has 1 aromatic rings. The predicted octanol–water partition coefficient (Wildman–Crippen LogP) is 0.824. The molecular formula is C9H9FN2O. The summed E-state index contributed by atoms with van der Waals surface area (Å²) in [6.45, 7) is 0.565. The van der Waals surface area contributed by atoms with Crippen molar-refractivity contribution >= 4 is 5.91 Å². The zero-order valence-electron chi connectivity index (χ0n) is 6.96. The van der Waals surface area contributed by atoms with Crippen molar-refractivity contribution in [1.29, 1.82) is 0 Å². The van der Waals surface area contributed by atoms with Gasteiger partial charge in [-0.25, -0.2) is 4.98 Å². The molecule has 3 nitrogen and oxygen atoms in total. The van der Waals surface area contributed by atoms with Gasteiger partial charge in [-0.05, 0) is 12.1 Å². The number of halogens is 1. The van der Waals surface area contributed by atoms with Crippen molar-refractivity contribution in [2.75, 3.05) is 6.54 Å². The van der Waals surface area contributed by atoms with Gasteiger partial charge in [0.1, 0.15) is 0 Å². The van der Waals surface area contributed by atoms with Crippen LogP contribution in [0.15, 0.2) is 18.2 Å². The van der Waals surface area contributed by atoms with Crippen molar-refractivity contribution in [2.45, 2.75) is 12.3 Å². The molecule has 1 aliphatic heterocycles. The Hall–Kier alpha value is -1.45. The molecule has 1 unspecified atom stereocenters. The van der Waals surface area contributed by atoms with E-state index in [1.54, 1.807) is 12.1 Å². The Labute approximate surface area is 75.0 Å². The highest BCUT2D eigenvalue weighted by molar-refractivity contribution is 5.79. The van der Waals surface area contributed by atoms with Crippen LogP contribution in [-0.2, 0) is 4.79 Å². The highest BCUT2D eigenvalue weighted by atomic mass is 19.1. The van der Waals surface area contributed by atoms with E-state index in [1.807, 2.05) is 0 Å². The fraction of sp³-hybridized carbons (Fsp3) is 0.333. The van der Waals surface area contributed by atoms with E-state index in [0.717, 1.165) is 0 Å². The summed E-state index contributed by atoms with van der Waals surface area (Å²) in [4.78, 5) is 14.6. The van der Waals surface area contributed by atoms with Crippen molar-refractivity contribution in [3.8, 4) is 0 Å². The molecule has 4 heteroatoms. The van der Waals surface area contributed by atoms with Crippen LogP contribution < -0.4 is 5.32 Å². The van der Waals surface area contributed by atoms with Gasteiger partial charge in [0.15, 0.2) is 0 Å². The maximum absolute atomic E-state index is 12.7. The smallest absolute Gasteiger partial charge is 0.220 e. The second-order valence-electron chi connectivity index (χ2n) is 3.09. The molecule has 0 aromatic carbocycles. The Morgan fingerprint density at radius 3 is 3.00 bits per heavy atom. The first-order valence-corrected chi connectivity index (χ1v) is 4.15. The second-order valence-corrected chi connectivity index (χ2v) is 3.09. The average molecular weight is 180 g/mol. The normalized spacial score (nSPS) is 21.6. The summed E-state index contributed by atoms with van der Waals surface area (Å²) in [6, 6.07) is 4.65. The number of carbonyl (C=O) groups excluding carboxylic acids is 1. The highest BCUT2D eigenvalue weighted by Crippen LogP contribution is 2.20. The number of pyridine rings is 1. The largest absolute Gasteiger partial charge is 0.355 e. The first kappa shape index (κ1) is 8.16. The van der Waals surface area contributed by atoms with E-state index in [0.29, 0.717) is 18.7 Å². The third kappa shape index (κ3) is 1.66. The molecule has 1 saturated heterocycles. The van der Waals surface area contributed by atoms with Gasteiger partial charge in [0.05, 0.1) is 0 Å². The van der Waals surface area contributed by atoms with Gasteiger partial charge < -0.3 is 5.32 Å². The zero-order chi connectivity index (χ0) is 9.26. The minimum absolute atomic E-state index is 0.0102. The first-order chi connectivity index (χ1) is 6.25. The molecule has 1 fully saturated rings. The minimum Gasteiger partial charge on any atom is -0.355 e. The van der Waals surface area contributed by atoms with Crippen LogP contribution in [0.25, 0.3) is 0 Å². The van der Waals surface area contributed by atoms with E-state index >= 15 is 0 Å². The number of carbonyl (C=O) groups is 1. The molecule has 1 N–H and O–H groups in total. The number of rotatable bonds is 1. The summed E-state index contributed by atoms with van der Waals surface area (Å²) < 4.78 is 12.7. The second kappa shape index (κ2) is 3.12. The van der Waals surface area contributed by atoms with E-state index < -0.39 is 5.95 Å². The number of nitrogens with one attached hydrogen (secondary N) is 1. The third-order valence-corrected chi connectivity index (χ3v) is 2.13. The molecule has 1 amide bonds. The summed E-state index contributed by atoms with van der Waals surface area (Å²) in [5, 5.41) is 2.69. The van der Waals surface area contributed by atoms with Crippen molar-refractivity contribution in [1.82, 2.24) is 10.3 Å². The predicted molar refractivity (Wildman–Crippen MR) is 44.6 cm³/mol. The lowest BCUT2D eigenvalue weighted by Crippen LogP contribution is -2.13. The Kier molecular flexibility index (Phi) is 1.96. The van der Waals surface area contributed by atoms with Crippen molar-refractivity contribution in [2.24, 2.45) is 0 Å². The number of hydrogen-bond acceptors (Lipinski definition) is 2. The number of hydrogen-bond donors (Lipinski definition) is 1. The molecule has 13 heavy (non-hydrogen) atoms. The van der Waals surface area contributed by atoms with Gasteiger partial charge in [-0.15, -0.1) is 0 Å². The zero-order valence-corrected chi connectivity index (χ0v) is 6.96. The van der Waals surface area contributed by atoms with Crippen LogP contribution in [0.5, 0.6) is 0 Å². The lowest BCUT2D eigenvalue weighted by atomic mass is 10.0. The number of amides is 1. The van der Waals surface area contributed by atoms with Crippen LogP contribution in [0, 0.1) is 5.95 Å². The molecule has 0 radical (unpaired) electrons. The molecule has 68 valence electrons. The molecular weight excluding hydrogens is 171 g/mol. The molecule has 1 atom stereocenters. The standard InChI is InChI=1S/C9H9FN2O/c10-8-3-1-2-7(12-8)6-4-9(13)11-5-6/h1-3,6H,4-5H2,(H,11,13). The Morgan fingerprint density at radius 1 is 1.54 bits per heavy atom. The van der Waals surface area contributed by atoms with Crippen LogP contribution in [0.2, 0.25) is 0 Å². The van der Waals surface area contributed by atoms with Crippen molar-refractivity contribution in [3.05, 3.63) is 29.8 Å². The molecule has 0 spiro atoms. The van der Waals surface area contributed by atoms with Crippen LogP contribution in [0.1, 0.15) is 18.0 Å². The quantitative estimate of drug-likeness (QED) is 0.650. The fourth-order valence-electron chi connectivity index (χ4n) is 1.47. The van der Waals surface area contributed by atoms with Gasteiger partial charge in [-0.2, -0.15) is 4.39 Å². The van der Waals surface area contributed by atoms with Crippen LogP contribution in [0.3, 0.4) is 0 Å². The Balaban J connectivity index is 2.21. The van der Waals surface area contributed by atoms with E-state index in [2.05, 4.69) is 10.3 Å². The van der Waals surface area contributed by atoms with Gasteiger partial charge in [0.25, 0.3) is 0 Å². The van der Waals surface area contributed by atoms with Gasteiger partial charge in [0.2, 0.25) is 11.9 Å². The molecule has 1 aromatic heterocycles. The SMILES string of the molecule is O=C1CC(c2cccc(F)n2)CN1. The molecule has 0 saturated carbocycles. The lowest BCUT2D eigenvalue weighted by Gasteiger charge is -2.04. The van der Waals surface area contributed by atoms with Gasteiger partial charge in [-0.3, -0.25) is 4.79 Å². The maximum atomic E-state index is 12.7. The summed E-state index contributed by atoms with van der Waals surface area (Å²) in [6.07, 6.45) is 0.413. The van der Waals surface area contributed by atoms with Crippen LogP contribution >= 0.6 is 0 Å². The first-order valence-electron chi connectivity index (χ1n) is 4.15. The summed E-state index contributed by atoms with van der Waals surface area (Å²) in [5.74, 6) is -0.448. The van der Waals surface area contributed by atoms with Gasteiger partial charge in [-0.1, -0.05) is 6.07 Å². The summed E-state index contributed by atoms with van der Waals surface area (Å²) in [7, 11) is 0. The molecule has 0 aliphatic carbocycles. The molecule has 0 bridgehead atoms. The van der Waals surface area contributed by atoms with E-state index in [-0.39, 0.29) is 11.8 Å². The topological polar surface area (TPSA) is 42.0 Å². The maximum Gasteiger partial charge on any atom is 0.220 e. The van der Waals surface area contributed by atoms with E-state index in [9.17, 15) is 9.18 Å². The monoisotopic (exact) mass is 180 g/mol. The lowest BCUT2D eigenvalue weighted by molar-refractivity contribution is -0.119. The van der Waals surface area contributed by atoms with E-state index in [4.69, 9.17) is 0 Å².